The van der Waals surface area contributed by atoms with Crippen molar-refractivity contribution in [3.63, 3.8) is 0 Å². The Labute approximate surface area is 104 Å². The van der Waals surface area contributed by atoms with E-state index in [0.29, 0.717) is 12.0 Å². The van der Waals surface area contributed by atoms with E-state index in [1.165, 1.54) is 17.5 Å². The minimum absolute atomic E-state index is 0.457. The molecular formula is C15H23NO. The molecule has 1 aliphatic rings. The van der Waals surface area contributed by atoms with Gasteiger partial charge in [0.1, 0.15) is 5.75 Å². The summed E-state index contributed by atoms with van der Waals surface area (Å²) in [5.74, 6) is 2.34. The molecule has 2 heteroatoms. The molecule has 2 nitrogen and oxygen atoms in total. The highest BCUT2D eigenvalue weighted by atomic mass is 16.5. The van der Waals surface area contributed by atoms with Crippen LogP contribution in [0.15, 0.2) is 18.2 Å². The second-order valence-corrected chi connectivity index (χ2v) is 5.46. The first kappa shape index (κ1) is 12.4. The first-order chi connectivity index (χ1) is 8.11. The Hall–Kier alpha value is -1.02. The van der Waals surface area contributed by atoms with E-state index in [4.69, 9.17) is 4.74 Å². The third kappa shape index (κ3) is 2.63. The SMILES string of the molecule is COc1ccc(C(C)C)cc1[C@H]1C[C@@H](C)CN1. The molecular weight excluding hydrogens is 210 g/mol. The van der Waals surface area contributed by atoms with Crippen molar-refractivity contribution in [1.29, 1.82) is 0 Å². The molecule has 2 rings (SSSR count). The number of rotatable bonds is 3. The molecule has 2 atom stereocenters. The number of benzene rings is 1. The van der Waals surface area contributed by atoms with E-state index in [9.17, 15) is 0 Å². The van der Waals surface area contributed by atoms with Gasteiger partial charge < -0.3 is 10.1 Å². The third-order valence-corrected chi connectivity index (χ3v) is 3.65. The van der Waals surface area contributed by atoms with Crippen LogP contribution in [0.4, 0.5) is 0 Å². The number of hydrogen-bond acceptors (Lipinski definition) is 2. The number of ether oxygens (including phenoxy) is 1. The predicted octanol–water partition coefficient (Wildman–Crippen LogP) is 3.49. The molecule has 0 spiro atoms. The van der Waals surface area contributed by atoms with Gasteiger partial charge in [-0.25, -0.2) is 0 Å². The quantitative estimate of drug-likeness (QED) is 0.863. The van der Waals surface area contributed by atoms with Gasteiger partial charge in [0.25, 0.3) is 0 Å². The molecule has 1 N–H and O–H groups in total. The van der Waals surface area contributed by atoms with Crippen LogP contribution < -0.4 is 10.1 Å². The van der Waals surface area contributed by atoms with E-state index in [1.54, 1.807) is 7.11 Å². The van der Waals surface area contributed by atoms with Gasteiger partial charge in [-0.15, -0.1) is 0 Å². The Balaban J connectivity index is 2.32. The second kappa shape index (κ2) is 5.09. The van der Waals surface area contributed by atoms with Crippen LogP contribution in [-0.4, -0.2) is 13.7 Å². The summed E-state index contributed by atoms with van der Waals surface area (Å²) in [4.78, 5) is 0. The summed E-state index contributed by atoms with van der Waals surface area (Å²) < 4.78 is 5.49. The Morgan fingerprint density at radius 1 is 1.35 bits per heavy atom. The molecule has 0 saturated carbocycles. The van der Waals surface area contributed by atoms with Crippen LogP contribution in [0.5, 0.6) is 5.75 Å². The monoisotopic (exact) mass is 233 g/mol. The minimum Gasteiger partial charge on any atom is -0.496 e. The lowest BCUT2D eigenvalue weighted by Crippen LogP contribution is -2.14. The maximum absolute atomic E-state index is 5.49. The van der Waals surface area contributed by atoms with Crippen LogP contribution >= 0.6 is 0 Å². The van der Waals surface area contributed by atoms with Crippen molar-refractivity contribution in [1.82, 2.24) is 5.32 Å². The van der Waals surface area contributed by atoms with E-state index in [1.807, 2.05) is 0 Å². The normalized spacial score (nSPS) is 24.3. The molecule has 1 aliphatic heterocycles. The van der Waals surface area contributed by atoms with Crippen molar-refractivity contribution in [2.45, 2.75) is 39.2 Å². The van der Waals surface area contributed by atoms with Crippen LogP contribution in [0.1, 0.15) is 50.3 Å². The van der Waals surface area contributed by atoms with E-state index in [2.05, 4.69) is 44.3 Å². The maximum Gasteiger partial charge on any atom is 0.123 e. The number of hydrogen-bond donors (Lipinski definition) is 1. The second-order valence-electron chi connectivity index (χ2n) is 5.46. The Bertz CT molecular complexity index is 387. The van der Waals surface area contributed by atoms with Crippen LogP contribution in [0, 0.1) is 5.92 Å². The highest BCUT2D eigenvalue weighted by molar-refractivity contribution is 5.41. The molecule has 1 fully saturated rings. The Kier molecular flexibility index (Phi) is 3.72. The molecule has 0 radical (unpaired) electrons. The summed E-state index contributed by atoms with van der Waals surface area (Å²) in [7, 11) is 1.76. The largest absolute Gasteiger partial charge is 0.496 e. The molecule has 0 bridgehead atoms. The molecule has 0 unspecified atom stereocenters. The fourth-order valence-electron chi connectivity index (χ4n) is 2.53. The van der Waals surface area contributed by atoms with E-state index in [-0.39, 0.29) is 0 Å². The molecule has 0 aliphatic carbocycles. The topological polar surface area (TPSA) is 21.3 Å². The molecule has 0 aromatic heterocycles. The van der Waals surface area contributed by atoms with Crippen molar-refractivity contribution in [3.8, 4) is 5.75 Å². The zero-order chi connectivity index (χ0) is 12.4. The van der Waals surface area contributed by atoms with Gasteiger partial charge in [-0.1, -0.05) is 32.9 Å². The summed E-state index contributed by atoms with van der Waals surface area (Å²) in [6, 6.07) is 7.04. The summed E-state index contributed by atoms with van der Waals surface area (Å²) >= 11 is 0. The Morgan fingerprint density at radius 2 is 2.12 bits per heavy atom. The molecule has 1 heterocycles. The van der Waals surface area contributed by atoms with Crippen LogP contribution in [0.3, 0.4) is 0 Å². The maximum atomic E-state index is 5.49. The standard InChI is InChI=1S/C15H23NO/c1-10(2)12-5-6-15(17-4)13(8-12)14-7-11(3)9-16-14/h5-6,8,10-11,14,16H,7,9H2,1-4H3/t11-,14-/m1/s1. The smallest absolute Gasteiger partial charge is 0.123 e. The molecule has 1 aromatic rings. The number of nitrogens with one attached hydrogen (secondary N) is 1. The summed E-state index contributed by atoms with van der Waals surface area (Å²) in [6.07, 6.45) is 1.21. The van der Waals surface area contributed by atoms with Crippen molar-refractivity contribution in [3.05, 3.63) is 29.3 Å². The van der Waals surface area contributed by atoms with Crippen LogP contribution in [0.2, 0.25) is 0 Å². The van der Waals surface area contributed by atoms with Crippen molar-refractivity contribution < 1.29 is 4.74 Å². The van der Waals surface area contributed by atoms with Crippen molar-refractivity contribution >= 4 is 0 Å². The molecule has 17 heavy (non-hydrogen) atoms. The highest BCUT2D eigenvalue weighted by Gasteiger charge is 2.24. The van der Waals surface area contributed by atoms with Crippen LogP contribution in [0.25, 0.3) is 0 Å². The lowest BCUT2D eigenvalue weighted by Gasteiger charge is -2.17. The summed E-state index contributed by atoms with van der Waals surface area (Å²) in [5.41, 5.74) is 2.71. The fraction of sp³-hybridized carbons (Fsp3) is 0.600. The molecule has 0 amide bonds. The van der Waals surface area contributed by atoms with Gasteiger partial charge in [0.05, 0.1) is 7.11 Å². The average molecular weight is 233 g/mol. The lowest BCUT2D eigenvalue weighted by molar-refractivity contribution is 0.402. The van der Waals surface area contributed by atoms with Gasteiger partial charge in [0, 0.05) is 11.6 Å². The van der Waals surface area contributed by atoms with Crippen molar-refractivity contribution in [2.24, 2.45) is 5.92 Å². The van der Waals surface area contributed by atoms with Gasteiger partial charge in [-0.3, -0.25) is 0 Å². The van der Waals surface area contributed by atoms with E-state index >= 15 is 0 Å². The summed E-state index contributed by atoms with van der Waals surface area (Å²) in [5, 5.41) is 3.58. The van der Waals surface area contributed by atoms with E-state index in [0.717, 1.165) is 18.2 Å². The predicted molar refractivity (Wildman–Crippen MR) is 71.6 cm³/mol. The first-order valence-electron chi connectivity index (χ1n) is 6.53. The zero-order valence-corrected chi connectivity index (χ0v) is 11.3. The molecule has 1 aromatic carbocycles. The van der Waals surface area contributed by atoms with E-state index < -0.39 is 0 Å². The zero-order valence-electron chi connectivity index (χ0n) is 11.3. The van der Waals surface area contributed by atoms with Gasteiger partial charge in [0.2, 0.25) is 0 Å². The fourth-order valence-corrected chi connectivity index (χ4v) is 2.53. The van der Waals surface area contributed by atoms with Gasteiger partial charge in [-0.2, -0.15) is 0 Å². The van der Waals surface area contributed by atoms with Gasteiger partial charge in [0.15, 0.2) is 0 Å². The lowest BCUT2D eigenvalue weighted by atomic mass is 9.95. The summed E-state index contributed by atoms with van der Waals surface area (Å²) in [6.45, 7) is 7.87. The Morgan fingerprint density at radius 3 is 2.65 bits per heavy atom. The average Bonchev–Trinajstić information content (AvgIpc) is 2.74. The molecule has 94 valence electrons. The third-order valence-electron chi connectivity index (χ3n) is 3.65. The van der Waals surface area contributed by atoms with Gasteiger partial charge >= 0.3 is 0 Å². The van der Waals surface area contributed by atoms with Gasteiger partial charge in [-0.05, 0) is 36.4 Å². The minimum atomic E-state index is 0.457. The first-order valence-corrected chi connectivity index (χ1v) is 6.53. The van der Waals surface area contributed by atoms with Crippen molar-refractivity contribution in [2.75, 3.05) is 13.7 Å². The molecule has 1 saturated heterocycles. The highest BCUT2D eigenvalue weighted by Crippen LogP contribution is 2.34. The van der Waals surface area contributed by atoms with Crippen LogP contribution in [-0.2, 0) is 0 Å². The number of methoxy groups -OCH3 is 1.